The van der Waals surface area contributed by atoms with Crippen LogP contribution in [0.25, 0.3) is 16.9 Å². The largest absolute Gasteiger partial charge is 0.302 e. The van der Waals surface area contributed by atoms with E-state index in [9.17, 15) is 4.39 Å². The molecule has 0 saturated heterocycles. The van der Waals surface area contributed by atoms with E-state index in [1.165, 1.54) is 6.07 Å². The van der Waals surface area contributed by atoms with Gasteiger partial charge in [0.1, 0.15) is 11.5 Å². The van der Waals surface area contributed by atoms with Crippen LogP contribution >= 0.6 is 0 Å². The summed E-state index contributed by atoms with van der Waals surface area (Å²) in [5, 5.41) is 0. The molecule has 3 nitrogen and oxygen atoms in total. The van der Waals surface area contributed by atoms with Crippen molar-refractivity contribution in [1.82, 2.24) is 14.3 Å². The van der Waals surface area contributed by atoms with Crippen molar-refractivity contribution < 1.29 is 4.39 Å². The van der Waals surface area contributed by atoms with Gasteiger partial charge in [0.25, 0.3) is 0 Å². The molecule has 0 amide bonds. The van der Waals surface area contributed by atoms with Gasteiger partial charge in [-0.25, -0.2) is 9.37 Å². The zero-order chi connectivity index (χ0) is 17.9. The molecule has 0 N–H and O–H groups in total. The van der Waals surface area contributed by atoms with Crippen LogP contribution in [-0.4, -0.2) is 21.3 Å². The van der Waals surface area contributed by atoms with Crippen molar-refractivity contribution in [3.63, 3.8) is 0 Å². The second-order valence-electron chi connectivity index (χ2n) is 6.50. The topological polar surface area (TPSA) is 20.5 Å². The number of fused-ring (bicyclic) bond motifs is 1. The molecule has 0 saturated carbocycles. The van der Waals surface area contributed by atoms with Gasteiger partial charge in [0.05, 0.1) is 11.4 Å². The van der Waals surface area contributed by atoms with Crippen molar-refractivity contribution in [3.8, 4) is 11.3 Å². The van der Waals surface area contributed by atoms with E-state index in [2.05, 4.69) is 21.4 Å². The quantitative estimate of drug-likeness (QED) is 0.519. The molecule has 0 unspecified atom stereocenters. The maximum atomic E-state index is 13.5. The van der Waals surface area contributed by atoms with Gasteiger partial charge in [0, 0.05) is 24.8 Å². The lowest BCUT2D eigenvalue weighted by molar-refractivity contribution is 0.314. The van der Waals surface area contributed by atoms with Crippen molar-refractivity contribution in [2.75, 3.05) is 7.05 Å². The third-order valence-electron chi connectivity index (χ3n) is 4.44. The summed E-state index contributed by atoms with van der Waals surface area (Å²) in [7, 11) is 2.04. The standard InChI is InChI=1S/C22H20FN3/c1-25(15-17-8-7-11-19(23)14-17)16-20-22(18-9-3-2-4-10-18)24-21-12-5-6-13-26(20)21/h2-14H,15-16H2,1H3. The van der Waals surface area contributed by atoms with Crippen molar-refractivity contribution in [3.05, 3.63) is 96.1 Å². The van der Waals surface area contributed by atoms with Crippen LogP contribution in [0.5, 0.6) is 0 Å². The van der Waals surface area contributed by atoms with E-state index < -0.39 is 0 Å². The average molecular weight is 345 g/mol. The molecule has 0 aliphatic carbocycles. The number of benzene rings is 2. The fourth-order valence-electron chi connectivity index (χ4n) is 3.28. The van der Waals surface area contributed by atoms with Crippen LogP contribution in [0.15, 0.2) is 79.0 Å². The Morgan fingerprint density at radius 2 is 1.73 bits per heavy atom. The number of aromatic nitrogens is 2. The van der Waals surface area contributed by atoms with Crippen LogP contribution in [0.1, 0.15) is 11.3 Å². The molecule has 130 valence electrons. The Hall–Kier alpha value is -2.98. The van der Waals surface area contributed by atoms with E-state index in [-0.39, 0.29) is 5.82 Å². The van der Waals surface area contributed by atoms with Crippen LogP contribution in [0.3, 0.4) is 0 Å². The second kappa shape index (κ2) is 7.10. The van der Waals surface area contributed by atoms with E-state index in [0.29, 0.717) is 13.1 Å². The Labute approximate surface area is 152 Å². The lowest BCUT2D eigenvalue weighted by Gasteiger charge is -2.17. The Morgan fingerprint density at radius 3 is 2.54 bits per heavy atom. The zero-order valence-corrected chi connectivity index (χ0v) is 14.6. The highest BCUT2D eigenvalue weighted by Gasteiger charge is 2.15. The van der Waals surface area contributed by atoms with Crippen molar-refractivity contribution in [2.45, 2.75) is 13.1 Å². The first kappa shape index (κ1) is 16.5. The van der Waals surface area contributed by atoms with E-state index >= 15 is 0 Å². The van der Waals surface area contributed by atoms with E-state index in [0.717, 1.165) is 28.2 Å². The summed E-state index contributed by atoms with van der Waals surface area (Å²) in [6.07, 6.45) is 2.04. The summed E-state index contributed by atoms with van der Waals surface area (Å²) in [6.45, 7) is 1.39. The first-order chi connectivity index (χ1) is 12.7. The molecule has 2 heterocycles. The van der Waals surface area contributed by atoms with Crippen LogP contribution in [-0.2, 0) is 13.1 Å². The van der Waals surface area contributed by atoms with Gasteiger partial charge in [0.15, 0.2) is 0 Å². The molecule has 4 aromatic rings. The third-order valence-corrected chi connectivity index (χ3v) is 4.44. The van der Waals surface area contributed by atoms with E-state index in [4.69, 9.17) is 4.98 Å². The predicted octanol–water partition coefficient (Wildman–Crippen LogP) is 4.77. The van der Waals surface area contributed by atoms with Gasteiger partial charge in [-0.1, -0.05) is 48.5 Å². The van der Waals surface area contributed by atoms with Gasteiger partial charge in [-0.3, -0.25) is 4.90 Å². The number of halogens is 1. The lowest BCUT2D eigenvalue weighted by atomic mass is 10.1. The number of hydrogen-bond acceptors (Lipinski definition) is 2. The molecule has 26 heavy (non-hydrogen) atoms. The molecule has 0 fully saturated rings. The number of pyridine rings is 1. The smallest absolute Gasteiger partial charge is 0.137 e. The van der Waals surface area contributed by atoms with Crippen LogP contribution in [0, 0.1) is 5.82 Å². The van der Waals surface area contributed by atoms with Gasteiger partial charge < -0.3 is 4.40 Å². The minimum Gasteiger partial charge on any atom is -0.302 e. The summed E-state index contributed by atoms with van der Waals surface area (Å²) in [5.41, 5.74) is 5.11. The van der Waals surface area contributed by atoms with Gasteiger partial charge in [-0.05, 0) is 36.9 Å². The first-order valence-corrected chi connectivity index (χ1v) is 8.65. The fourth-order valence-corrected chi connectivity index (χ4v) is 3.28. The highest BCUT2D eigenvalue weighted by Crippen LogP contribution is 2.25. The fraction of sp³-hybridized carbons (Fsp3) is 0.136. The second-order valence-corrected chi connectivity index (χ2v) is 6.50. The molecule has 0 bridgehead atoms. The van der Waals surface area contributed by atoms with Crippen molar-refractivity contribution in [2.24, 2.45) is 0 Å². The van der Waals surface area contributed by atoms with Gasteiger partial charge in [-0.2, -0.15) is 0 Å². The number of rotatable bonds is 5. The number of imidazole rings is 1. The van der Waals surface area contributed by atoms with Crippen LogP contribution in [0.2, 0.25) is 0 Å². The van der Waals surface area contributed by atoms with Crippen LogP contribution < -0.4 is 0 Å². The van der Waals surface area contributed by atoms with E-state index in [1.54, 1.807) is 12.1 Å². The molecular weight excluding hydrogens is 325 g/mol. The van der Waals surface area contributed by atoms with Gasteiger partial charge >= 0.3 is 0 Å². The summed E-state index contributed by atoms with van der Waals surface area (Å²) in [4.78, 5) is 7.01. The summed E-state index contributed by atoms with van der Waals surface area (Å²) >= 11 is 0. The highest BCUT2D eigenvalue weighted by molar-refractivity contribution is 5.66. The van der Waals surface area contributed by atoms with Crippen LogP contribution in [0.4, 0.5) is 4.39 Å². The van der Waals surface area contributed by atoms with Gasteiger partial charge in [-0.15, -0.1) is 0 Å². The average Bonchev–Trinajstić information content (AvgIpc) is 3.01. The third kappa shape index (κ3) is 3.37. The molecular formula is C22H20FN3. The normalized spacial score (nSPS) is 11.3. The maximum absolute atomic E-state index is 13.5. The summed E-state index contributed by atoms with van der Waals surface area (Å²) in [6, 6.07) is 23.0. The van der Waals surface area contributed by atoms with E-state index in [1.807, 2.05) is 55.7 Å². The molecule has 0 atom stereocenters. The lowest BCUT2D eigenvalue weighted by Crippen LogP contribution is -2.19. The molecule has 4 heteroatoms. The Kier molecular flexibility index (Phi) is 4.50. The van der Waals surface area contributed by atoms with Crippen molar-refractivity contribution in [1.29, 1.82) is 0 Å². The summed E-state index contributed by atoms with van der Waals surface area (Å²) < 4.78 is 15.6. The van der Waals surface area contributed by atoms with Crippen molar-refractivity contribution >= 4 is 5.65 Å². The maximum Gasteiger partial charge on any atom is 0.137 e. The molecule has 2 aromatic heterocycles. The number of hydrogen-bond donors (Lipinski definition) is 0. The monoisotopic (exact) mass is 345 g/mol. The predicted molar refractivity (Wildman–Crippen MR) is 102 cm³/mol. The summed E-state index contributed by atoms with van der Waals surface area (Å²) in [5.74, 6) is -0.198. The minimum atomic E-state index is -0.198. The molecule has 0 radical (unpaired) electrons. The Morgan fingerprint density at radius 1 is 0.923 bits per heavy atom. The highest BCUT2D eigenvalue weighted by atomic mass is 19.1. The Balaban J connectivity index is 1.68. The minimum absolute atomic E-state index is 0.198. The molecule has 0 aliphatic rings. The molecule has 0 spiro atoms. The SMILES string of the molecule is CN(Cc1cccc(F)c1)Cc1c(-c2ccccc2)nc2ccccn12. The molecule has 2 aromatic carbocycles. The molecule has 0 aliphatic heterocycles. The Bertz CT molecular complexity index is 1020. The van der Waals surface area contributed by atoms with Gasteiger partial charge in [0.2, 0.25) is 0 Å². The molecule has 4 rings (SSSR count). The zero-order valence-electron chi connectivity index (χ0n) is 14.6. The number of nitrogens with zero attached hydrogens (tertiary/aromatic N) is 3. The first-order valence-electron chi connectivity index (χ1n) is 8.65.